The Kier molecular flexibility index (Phi) is 6.96. The molecule has 10 nitrogen and oxygen atoms in total. The number of aliphatic carboxylic acids is 1. The molecule has 0 aliphatic heterocycles. The second kappa shape index (κ2) is 9.40. The van der Waals surface area contributed by atoms with Gasteiger partial charge in [-0.25, -0.2) is 0 Å². The SMILES string of the molecule is CC(=O)N[C@@H](C)C(=O)Nc1ccc(-c2ccc(C(=O)N[C@@H](C)C(=O)O)cn2)nc1. The first-order valence-electron chi connectivity index (χ1n) is 8.71. The van der Waals surface area contributed by atoms with E-state index in [-0.39, 0.29) is 17.4 Å². The van der Waals surface area contributed by atoms with Crippen molar-refractivity contribution in [2.45, 2.75) is 32.9 Å². The van der Waals surface area contributed by atoms with Gasteiger partial charge < -0.3 is 21.1 Å². The van der Waals surface area contributed by atoms with E-state index in [1.807, 2.05) is 0 Å². The molecule has 0 spiro atoms. The van der Waals surface area contributed by atoms with Crippen molar-refractivity contribution in [2.75, 3.05) is 5.32 Å². The molecular formula is C19H21N5O5. The number of hydrogen-bond acceptors (Lipinski definition) is 6. The van der Waals surface area contributed by atoms with Crippen molar-refractivity contribution in [3.8, 4) is 11.4 Å². The first kappa shape index (κ1) is 21.5. The van der Waals surface area contributed by atoms with Crippen LogP contribution in [0, 0.1) is 0 Å². The molecule has 4 N–H and O–H groups in total. The number of rotatable bonds is 7. The molecule has 3 amide bonds. The zero-order valence-corrected chi connectivity index (χ0v) is 16.1. The third-order valence-electron chi connectivity index (χ3n) is 3.85. The number of carboxylic acids is 1. The lowest BCUT2D eigenvalue weighted by Crippen LogP contribution is -2.40. The van der Waals surface area contributed by atoms with Gasteiger partial charge in [-0.1, -0.05) is 0 Å². The summed E-state index contributed by atoms with van der Waals surface area (Å²) in [5, 5.41) is 16.3. The topological polar surface area (TPSA) is 150 Å². The highest BCUT2D eigenvalue weighted by molar-refractivity contribution is 5.97. The molecule has 2 atom stereocenters. The first-order valence-corrected chi connectivity index (χ1v) is 8.71. The van der Waals surface area contributed by atoms with Gasteiger partial charge in [-0.15, -0.1) is 0 Å². The summed E-state index contributed by atoms with van der Waals surface area (Å²) in [5.74, 6) is -2.36. The predicted octanol–water partition coefficient (Wildman–Crippen LogP) is 0.810. The average molecular weight is 399 g/mol. The normalized spacial score (nSPS) is 12.4. The summed E-state index contributed by atoms with van der Waals surface area (Å²) in [6.45, 7) is 4.26. The zero-order valence-electron chi connectivity index (χ0n) is 16.1. The smallest absolute Gasteiger partial charge is 0.325 e. The summed E-state index contributed by atoms with van der Waals surface area (Å²) >= 11 is 0. The van der Waals surface area contributed by atoms with Crippen molar-refractivity contribution < 1.29 is 24.3 Å². The van der Waals surface area contributed by atoms with E-state index >= 15 is 0 Å². The lowest BCUT2D eigenvalue weighted by Gasteiger charge is -2.12. The minimum atomic E-state index is -1.13. The number of anilines is 1. The Labute approximate surface area is 166 Å². The molecule has 2 aromatic rings. The number of carbonyl (C=O) groups is 4. The van der Waals surface area contributed by atoms with Gasteiger partial charge in [0.2, 0.25) is 11.8 Å². The fourth-order valence-corrected chi connectivity index (χ4v) is 2.26. The average Bonchev–Trinajstić information content (AvgIpc) is 2.68. The van der Waals surface area contributed by atoms with Crippen molar-refractivity contribution in [2.24, 2.45) is 0 Å². The number of aromatic nitrogens is 2. The number of carbonyl (C=O) groups excluding carboxylic acids is 3. The lowest BCUT2D eigenvalue weighted by atomic mass is 10.2. The summed E-state index contributed by atoms with van der Waals surface area (Å²) < 4.78 is 0. The zero-order chi connectivity index (χ0) is 21.6. The summed E-state index contributed by atoms with van der Waals surface area (Å²) in [4.78, 5) is 54.2. The third kappa shape index (κ3) is 6.09. The molecule has 2 aromatic heterocycles. The van der Waals surface area contributed by atoms with Crippen LogP contribution in [0.15, 0.2) is 36.7 Å². The maximum atomic E-state index is 12.0. The van der Waals surface area contributed by atoms with Gasteiger partial charge in [0, 0.05) is 13.1 Å². The summed E-state index contributed by atoms with van der Waals surface area (Å²) in [7, 11) is 0. The molecular weight excluding hydrogens is 378 g/mol. The summed E-state index contributed by atoms with van der Waals surface area (Å²) in [6, 6.07) is 4.68. The minimum Gasteiger partial charge on any atom is -0.480 e. The molecule has 0 saturated heterocycles. The first-order chi connectivity index (χ1) is 13.7. The Balaban J connectivity index is 2.02. The van der Waals surface area contributed by atoms with Crippen molar-refractivity contribution in [3.63, 3.8) is 0 Å². The Bertz CT molecular complexity index is 912. The fraction of sp³-hybridized carbons (Fsp3) is 0.263. The van der Waals surface area contributed by atoms with Gasteiger partial charge in [0.25, 0.3) is 5.91 Å². The van der Waals surface area contributed by atoms with E-state index < -0.39 is 24.0 Å². The molecule has 152 valence electrons. The van der Waals surface area contributed by atoms with Crippen LogP contribution in [-0.4, -0.2) is 50.8 Å². The van der Waals surface area contributed by atoms with Gasteiger partial charge in [-0.05, 0) is 38.1 Å². The van der Waals surface area contributed by atoms with E-state index in [1.54, 1.807) is 25.1 Å². The van der Waals surface area contributed by atoms with Crippen molar-refractivity contribution in [1.82, 2.24) is 20.6 Å². The minimum absolute atomic E-state index is 0.220. The van der Waals surface area contributed by atoms with E-state index in [4.69, 9.17) is 5.11 Å². The van der Waals surface area contributed by atoms with Crippen LogP contribution in [0.2, 0.25) is 0 Å². The molecule has 0 radical (unpaired) electrons. The molecule has 2 heterocycles. The molecule has 0 saturated carbocycles. The molecule has 29 heavy (non-hydrogen) atoms. The van der Waals surface area contributed by atoms with Crippen LogP contribution in [0.5, 0.6) is 0 Å². The molecule has 0 unspecified atom stereocenters. The standard InChI is InChI=1S/C19H21N5O5/c1-10(22-12(3)25)17(26)24-14-5-7-16(21-9-14)15-6-4-13(8-20-15)18(27)23-11(2)19(28)29/h4-11H,1-3H3,(H,22,25)(H,23,27)(H,24,26)(H,28,29)/t10-,11-/m0/s1. The molecule has 0 aliphatic rings. The number of nitrogens with one attached hydrogen (secondary N) is 3. The van der Waals surface area contributed by atoms with Crippen LogP contribution >= 0.6 is 0 Å². The molecule has 10 heteroatoms. The second-order valence-corrected chi connectivity index (χ2v) is 6.31. The number of carboxylic acid groups (broad SMARTS) is 1. The number of nitrogens with zero attached hydrogens (tertiary/aromatic N) is 2. The van der Waals surface area contributed by atoms with Gasteiger partial charge in [-0.2, -0.15) is 0 Å². The van der Waals surface area contributed by atoms with E-state index in [2.05, 4.69) is 25.9 Å². The van der Waals surface area contributed by atoms with Gasteiger partial charge in [0.15, 0.2) is 0 Å². The van der Waals surface area contributed by atoms with Gasteiger partial charge in [0.1, 0.15) is 12.1 Å². The highest BCUT2D eigenvalue weighted by Gasteiger charge is 2.16. The van der Waals surface area contributed by atoms with Crippen LogP contribution < -0.4 is 16.0 Å². The number of amides is 3. The number of hydrogen-bond donors (Lipinski definition) is 4. The summed E-state index contributed by atoms with van der Waals surface area (Å²) in [6.07, 6.45) is 2.77. The quantitative estimate of drug-likeness (QED) is 0.538. The fourth-order valence-electron chi connectivity index (χ4n) is 2.26. The van der Waals surface area contributed by atoms with Crippen LogP contribution in [0.25, 0.3) is 11.4 Å². The maximum Gasteiger partial charge on any atom is 0.325 e. The maximum absolute atomic E-state index is 12.0. The molecule has 0 aliphatic carbocycles. The van der Waals surface area contributed by atoms with E-state index in [0.717, 1.165) is 0 Å². The monoisotopic (exact) mass is 399 g/mol. The highest BCUT2D eigenvalue weighted by atomic mass is 16.4. The predicted molar refractivity (Wildman–Crippen MR) is 104 cm³/mol. The molecule has 0 bridgehead atoms. The Morgan fingerprint density at radius 1 is 0.897 bits per heavy atom. The molecule has 0 fully saturated rings. The Hall–Kier alpha value is -3.82. The van der Waals surface area contributed by atoms with Crippen molar-refractivity contribution in [1.29, 1.82) is 0 Å². The van der Waals surface area contributed by atoms with Crippen molar-refractivity contribution >= 4 is 29.4 Å². The largest absolute Gasteiger partial charge is 0.480 e. The molecule has 2 rings (SSSR count). The van der Waals surface area contributed by atoms with E-state index in [1.165, 1.54) is 32.3 Å². The van der Waals surface area contributed by atoms with Gasteiger partial charge in [-0.3, -0.25) is 29.1 Å². The molecule has 0 aromatic carbocycles. The lowest BCUT2D eigenvalue weighted by molar-refractivity contribution is -0.138. The third-order valence-corrected chi connectivity index (χ3v) is 3.85. The van der Waals surface area contributed by atoms with Crippen LogP contribution in [0.1, 0.15) is 31.1 Å². The van der Waals surface area contributed by atoms with Gasteiger partial charge >= 0.3 is 5.97 Å². The van der Waals surface area contributed by atoms with Crippen molar-refractivity contribution in [3.05, 3.63) is 42.2 Å². The highest BCUT2D eigenvalue weighted by Crippen LogP contribution is 2.17. The van der Waals surface area contributed by atoms with Crippen LogP contribution in [0.4, 0.5) is 5.69 Å². The summed E-state index contributed by atoms with van der Waals surface area (Å²) in [5.41, 5.74) is 1.69. The van der Waals surface area contributed by atoms with E-state index in [0.29, 0.717) is 17.1 Å². The van der Waals surface area contributed by atoms with Crippen LogP contribution in [0.3, 0.4) is 0 Å². The Morgan fingerprint density at radius 2 is 1.52 bits per heavy atom. The van der Waals surface area contributed by atoms with Crippen LogP contribution in [-0.2, 0) is 14.4 Å². The number of pyridine rings is 2. The Morgan fingerprint density at radius 3 is 2.00 bits per heavy atom. The van der Waals surface area contributed by atoms with Gasteiger partial charge in [0.05, 0.1) is 28.8 Å². The van der Waals surface area contributed by atoms with E-state index in [9.17, 15) is 19.2 Å². The second-order valence-electron chi connectivity index (χ2n) is 6.31.